The molecule has 0 aliphatic carbocycles. The van der Waals surface area contributed by atoms with E-state index in [1.165, 1.54) is 22.4 Å². The quantitative estimate of drug-likeness (QED) is 0.402. The number of aryl methyl sites for hydroxylation is 3. The maximum atomic E-state index is 13.6. The average molecular weight is 408 g/mol. The van der Waals surface area contributed by atoms with Gasteiger partial charge in [-0.25, -0.2) is 0 Å². The molecule has 1 amide bonds. The summed E-state index contributed by atoms with van der Waals surface area (Å²) in [5, 5.41) is 0. The number of hydrogen-bond acceptors (Lipinski definition) is 1. The standard InChI is InChI=1S/C28H27N2O/c1-19-15-20(2)27(21(3)16-19)29-14-13-23(18-29)26-24-11-7-8-12-25(24)30(28(26)31)17-22-9-5-4-6-10-22/h4-12,15-16,18H,13-14,17H2,1-3H3/q+1. The highest BCUT2D eigenvalue weighted by Crippen LogP contribution is 2.40. The van der Waals surface area contributed by atoms with Crippen LogP contribution in [-0.2, 0) is 11.3 Å². The summed E-state index contributed by atoms with van der Waals surface area (Å²) in [6, 6.07) is 22.9. The molecule has 3 heteroatoms. The average Bonchev–Trinajstić information content (AvgIpc) is 3.31. The molecule has 0 radical (unpaired) electrons. The summed E-state index contributed by atoms with van der Waals surface area (Å²) in [5.74, 6) is 0.107. The van der Waals surface area contributed by atoms with Gasteiger partial charge in [-0.05, 0) is 44.5 Å². The second-order valence-corrected chi connectivity index (χ2v) is 8.61. The Morgan fingerprint density at radius 3 is 2.32 bits per heavy atom. The van der Waals surface area contributed by atoms with Crippen LogP contribution in [0.15, 0.2) is 72.3 Å². The van der Waals surface area contributed by atoms with Gasteiger partial charge in [-0.3, -0.25) is 4.79 Å². The largest absolute Gasteiger partial charge is 0.303 e. The third-order valence-electron chi connectivity index (χ3n) is 6.28. The van der Waals surface area contributed by atoms with Gasteiger partial charge < -0.3 is 4.90 Å². The van der Waals surface area contributed by atoms with Crippen LogP contribution in [0.4, 0.5) is 11.4 Å². The van der Waals surface area contributed by atoms with Gasteiger partial charge in [-0.15, -0.1) is 0 Å². The van der Waals surface area contributed by atoms with Crippen LogP contribution in [0.1, 0.15) is 34.2 Å². The Morgan fingerprint density at radius 2 is 1.58 bits per heavy atom. The van der Waals surface area contributed by atoms with E-state index < -0.39 is 0 Å². The maximum Gasteiger partial charge on any atom is 0.259 e. The molecule has 2 aliphatic heterocycles. The SMILES string of the molecule is Cc1cc(C)c([N+]2=C/C(=C3\C(=O)N(Cc4ccccc4)c4ccccc43)CC2)c(C)c1. The number of amides is 1. The molecule has 154 valence electrons. The Labute approximate surface area is 184 Å². The number of hydrogen-bond donors (Lipinski definition) is 0. The summed E-state index contributed by atoms with van der Waals surface area (Å²) in [7, 11) is 0. The number of anilines is 1. The maximum absolute atomic E-state index is 13.6. The van der Waals surface area contributed by atoms with Crippen LogP contribution >= 0.6 is 0 Å². The Bertz CT molecular complexity index is 1230. The summed E-state index contributed by atoms with van der Waals surface area (Å²) < 4.78 is 2.32. The molecule has 0 fully saturated rings. The van der Waals surface area contributed by atoms with E-state index in [1.807, 2.05) is 35.2 Å². The van der Waals surface area contributed by atoms with E-state index in [9.17, 15) is 4.79 Å². The van der Waals surface area contributed by atoms with Crippen LogP contribution < -0.4 is 4.90 Å². The molecule has 0 atom stereocenters. The minimum Gasteiger partial charge on any atom is -0.303 e. The fourth-order valence-electron chi connectivity index (χ4n) is 5.06. The lowest BCUT2D eigenvalue weighted by Gasteiger charge is -2.17. The molecule has 0 unspecified atom stereocenters. The van der Waals surface area contributed by atoms with E-state index in [4.69, 9.17) is 0 Å². The first kappa shape index (κ1) is 19.5. The van der Waals surface area contributed by atoms with E-state index in [1.54, 1.807) is 0 Å². The van der Waals surface area contributed by atoms with Crippen LogP contribution in [0.5, 0.6) is 0 Å². The van der Waals surface area contributed by atoms with Crippen molar-refractivity contribution in [3.63, 3.8) is 0 Å². The summed E-state index contributed by atoms with van der Waals surface area (Å²) in [4.78, 5) is 15.5. The van der Waals surface area contributed by atoms with Crippen LogP contribution in [-0.4, -0.2) is 23.2 Å². The fourth-order valence-corrected chi connectivity index (χ4v) is 5.06. The number of fused-ring (bicyclic) bond motifs is 1. The van der Waals surface area contributed by atoms with Gasteiger partial charge >= 0.3 is 0 Å². The van der Waals surface area contributed by atoms with Gasteiger partial charge in [-0.1, -0.05) is 54.1 Å². The third kappa shape index (κ3) is 3.40. The highest BCUT2D eigenvalue weighted by Gasteiger charge is 2.36. The van der Waals surface area contributed by atoms with Crippen LogP contribution in [0.25, 0.3) is 5.57 Å². The first-order valence-corrected chi connectivity index (χ1v) is 10.9. The first-order valence-electron chi connectivity index (χ1n) is 10.9. The predicted molar refractivity (Wildman–Crippen MR) is 127 cm³/mol. The van der Waals surface area contributed by atoms with Crippen molar-refractivity contribution in [1.82, 2.24) is 0 Å². The van der Waals surface area contributed by atoms with Gasteiger partial charge in [0.15, 0.2) is 12.8 Å². The van der Waals surface area contributed by atoms with Gasteiger partial charge in [0, 0.05) is 28.7 Å². The van der Waals surface area contributed by atoms with E-state index in [0.717, 1.165) is 40.9 Å². The van der Waals surface area contributed by atoms with Crippen molar-refractivity contribution in [2.24, 2.45) is 0 Å². The van der Waals surface area contributed by atoms with Crippen molar-refractivity contribution in [1.29, 1.82) is 0 Å². The van der Waals surface area contributed by atoms with Gasteiger partial charge in [0.25, 0.3) is 5.91 Å². The highest BCUT2D eigenvalue weighted by molar-refractivity contribution is 6.35. The van der Waals surface area contributed by atoms with Gasteiger partial charge in [0.2, 0.25) is 5.69 Å². The monoisotopic (exact) mass is 407 g/mol. The number of para-hydroxylation sites is 1. The van der Waals surface area contributed by atoms with Crippen LogP contribution in [0, 0.1) is 20.8 Å². The van der Waals surface area contributed by atoms with E-state index in [0.29, 0.717) is 6.54 Å². The van der Waals surface area contributed by atoms with Gasteiger partial charge in [-0.2, -0.15) is 4.58 Å². The lowest BCUT2D eigenvalue weighted by Crippen LogP contribution is -2.26. The number of rotatable bonds is 3. The van der Waals surface area contributed by atoms with Crippen molar-refractivity contribution in [2.45, 2.75) is 33.7 Å². The molecule has 5 rings (SSSR count). The summed E-state index contributed by atoms with van der Waals surface area (Å²) in [6.45, 7) is 7.98. The molecule has 3 nitrogen and oxygen atoms in total. The number of carbonyl (C=O) groups excluding carboxylic acids is 1. The molecule has 3 aromatic rings. The van der Waals surface area contributed by atoms with Crippen molar-refractivity contribution >= 4 is 29.1 Å². The summed E-state index contributed by atoms with van der Waals surface area (Å²) in [5.41, 5.74) is 10.3. The highest BCUT2D eigenvalue weighted by atomic mass is 16.2. The van der Waals surface area contributed by atoms with E-state index in [2.05, 4.69) is 68.0 Å². The van der Waals surface area contributed by atoms with E-state index >= 15 is 0 Å². The minimum absolute atomic E-state index is 0.107. The first-order chi connectivity index (χ1) is 15.0. The second-order valence-electron chi connectivity index (χ2n) is 8.61. The number of nitrogens with zero attached hydrogens (tertiary/aromatic N) is 2. The third-order valence-corrected chi connectivity index (χ3v) is 6.28. The van der Waals surface area contributed by atoms with Crippen molar-refractivity contribution in [3.05, 3.63) is 100 Å². The molecule has 31 heavy (non-hydrogen) atoms. The molecule has 0 aromatic heterocycles. The van der Waals surface area contributed by atoms with Crippen LogP contribution in [0.3, 0.4) is 0 Å². The zero-order valence-electron chi connectivity index (χ0n) is 18.4. The predicted octanol–water partition coefficient (Wildman–Crippen LogP) is 5.73. The Morgan fingerprint density at radius 1 is 0.903 bits per heavy atom. The zero-order chi connectivity index (χ0) is 21.5. The van der Waals surface area contributed by atoms with E-state index in [-0.39, 0.29) is 5.91 Å². The minimum atomic E-state index is 0.107. The normalized spacial score (nSPS) is 17.8. The fraction of sp³-hybridized carbons (Fsp3) is 0.214. The Hall–Kier alpha value is -3.46. The zero-order valence-corrected chi connectivity index (χ0v) is 18.4. The number of carbonyl (C=O) groups is 1. The second kappa shape index (κ2) is 7.66. The van der Waals surface area contributed by atoms with Crippen molar-refractivity contribution in [3.8, 4) is 0 Å². The molecule has 0 bridgehead atoms. The molecule has 2 aliphatic rings. The van der Waals surface area contributed by atoms with Crippen molar-refractivity contribution < 1.29 is 9.37 Å². The molecule has 2 heterocycles. The smallest absolute Gasteiger partial charge is 0.259 e. The Kier molecular flexibility index (Phi) is 4.82. The van der Waals surface area contributed by atoms with Crippen molar-refractivity contribution in [2.75, 3.05) is 11.4 Å². The topological polar surface area (TPSA) is 23.3 Å². The Balaban J connectivity index is 1.58. The van der Waals surface area contributed by atoms with Gasteiger partial charge in [0.05, 0.1) is 17.8 Å². The number of benzene rings is 3. The summed E-state index contributed by atoms with van der Waals surface area (Å²) in [6.07, 6.45) is 3.07. The lowest BCUT2D eigenvalue weighted by atomic mass is 10.0. The molecule has 0 saturated carbocycles. The molecule has 0 N–H and O–H groups in total. The molecular weight excluding hydrogens is 380 g/mol. The molecule has 3 aromatic carbocycles. The van der Waals surface area contributed by atoms with Gasteiger partial charge in [0.1, 0.15) is 0 Å². The molecule has 0 spiro atoms. The molecular formula is C28H27N2O+. The van der Waals surface area contributed by atoms with Crippen LogP contribution in [0.2, 0.25) is 0 Å². The molecule has 0 saturated heterocycles. The summed E-state index contributed by atoms with van der Waals surface area (Å²) >= 11 is 0. The lowest BCUT2D eigenvalue weighted by molar-refractivity contribution is -0.427.